The molecule has 2 aromatic rings. The van der Waals surface area contributed by atoms with Crippen LogP contribution in [-0.2, 0) is 0 Å². The van der Waals surface area contributed by atoms with Crippen LogP contribution in [0.5, 0.6) is 11.5 Å². The quantitative estimate of drug-likeness (QED) is 0.863. The number of hydrogen-bond acceptors (Lipinski definition) is 3. The molecule has 1 aromatic heterocycles. The molecule has 0 unspecified atom stereocenters. The zero-order chi connectivity index (χ0) is 10.3. The Kier molecular flexibility index (Phi) is 1.92. The van der Waals surface area contributed by atoms with Crippen molar-refractivity contribution in [2.75, 3.05) is 6.79 Å². The summed E-state index contributed by atoms with van der Waals surface area (Å²) in [6.07, 6.45) is 1.64. The van der Waals surface area contributed by atoms with E-state index in [-0.39, 0.29) is 0 Å². The average Bonchev–Trinajstić information content (AvgIpc) is 2.84. The Bertz CT molecular complexity index is 510. The van der Waals surface area contributed by atoms with Crippen molar-refractivity contribution in [2.24, 2.45) is 0 Å². The molecule has 1 aromatic carbocycles. The van der Waals surface area contributed by atoms with E-state index in [9.17, 15) is 0 Å². The summed E-state index contributed by atoms with van der Waals surface area (Å²) in [5, 5.41) is 0. The minimum absolute atomic E-state index is 0.292. The van der Waals surface area contributed by atoms with Gasteiger partial charge in [-0.2, -0.15) is 0 Å². The van der Waals surface area contributed by atoms with Crippen LogP contribution in [0.2, 0.25) is 0 Å². The molecule has 0 bridgehead atoms. The molecule has 2 heterocycles. The van der Waals surface area contributed by atoms with Gasteiger partial charge in [0.2, 0.25) is 6.79 Å². The Labute approximate surface area is 94.4 Å². The molecule has 5 heteroatoms. The number of H-pyrrole nitrogens is 1. The lowest BCUT2D eigenvalue weighted by Crippen LogP contribution is -1.92. The largest absolute Gasteiger partial charge is 0.454 e. The Hall–Kier alpha value is -1.49. The molecule has 1 aliphatic heterocycles. The van der Waals surface area contributed by atoms with Crippen LogP contribution in [-0.4, -0.2) is 16.8 Å². The van der Waals surface area contributed by atoms with Crippen LogP contribution in [0.1, 0.15) is 0 Å². The molecular formula is C10H7BrN2O2. The van der Waals surface area contributed by atoms with Crippen molar-refractivity contribution in [3.8, 4) is 22.8 Å². The van der Waals surface area contributed by atoms with E-state index in [4.69, 9.17) is 9.47 Å². The molecule has 0 fully saturated rings. The minimum atomic E-state index is 0.292. The number of aromatic nitrogens is 2. The number of rotatable bonds is 1. The van der Waals surface area contributed by atoms with Gasteiger partial charge in [0.1, 0.15) is 10.3 Å². The summed E-state index contributed by atoms with van der Waals surface area (Å²) in [6.45, 7) is 0.292. The zero-order valence-corrected chi connectivity index (χ0v) is 9.24. The summed E-state index contributed by atoms with van der Waals surface area (Å²) in [6, 6.07) is 5.76. The van der Waals surface area contributed by atoms with Gasteiger partial charge in [0.05, 0.1) is 6.33 Å². The number of imidazole rings is 1. The third-order valence-corrected chi connectivity index (χ3v) is 2.84. The number of aromatic amines is 1. The SMILES string of the molecule is Brc1[nH]cnc1-c1ccc2c(c1)OCO2. The first-order valence-corrected chi connectivity index (χ1v) is 5.23. The van der Waals surface area contributed by atoms with Crippen LogP contribution in [0.3, 0.4) is 0 Å². The van der Waals surface area contributed by atoms with E-state index in [0.717, 1.165) is 27.4 Å². The fourth-order valence-electron chi connectivity index (χ4n) is 1.52. The number of fused-ring (bicyclic) bond motifs is 1. The third kappa shape index (κ3) is 1.39. The molecule has 0 aliphatic carbocycles. The van der Waals surface area contributed by atoms with Crippen LogP contribution >= 0.6 is 15.9 Å². The predicted molar refractivity (Wildman–Crippen MR) is 57.8 cm³/mol. The fourth-order valence-corrected chi connectivity index (χ4v) is 1.96. The average molecular weight is 267 g/mol. The third-order valence-electron chi connectivity index (χ3n) is 2.24. The number of nitrogens with one attached hydrogen (secondary N) is 1. The fraction of sp³-hybridized carbons (Fsp3) is 0.100. The molecule has 76 valence electrons. The summed E-state index contributed by atoms with van der Waals surface area (Å²) in [5.74, 6) is 1.55. The highest BCUT2D eigenvalue weighted by Crippen LogP contribution is 2.36. The van der Waals surface area contributed by atoms with Gasteiger partial charge in [0.15, 0.2) is 11.5 Å². The van der Waals surface area contributed by atoms with E-state index in [2.05, 4.69) is 25.9 Å². The highest BCUT2D eigenvalue weighted by atomic mass is 79.9. The number of nitrogens with zero attached hydrogens (tertiary/aromatic N) is 1. The number of hydrogen-bond donors (Lipinski definition) is 1. The zero-order valence-electron chi connectivity index (χ0n) is 7.66. The first-order chi connectivity index (χ1) is 7.34. The van der Waals surface area contributed by atoms with Crippen LogP contribution in [0.4, 0.5) is 0 Å². The second-order valence-corrected chi connectivity index (χ2v) is 3.93. The topological polar surface area (TPSA) is 47.1 Å². The van der Waals surface area contributed by atoms with E-state index in [1.54, 1.807) is 6.33 Å². The van der Waals surface area contributed by atoms with Gasteiger partial charge < -0.3 is 14.5 Å². The van der Waals surface area contributed by atoms with E-state index in [0.29, 0.717) is 6.79 Å². The first kappa shape index (κ1) is 8.79. The molecule has 0 saturated carbocycles. The smallest absolute Gasteiger partial charge is 0.231 e. The first-order valence-electron chi connectivity index (χ1n) is 4.43. The van der Waals surface area contributed by atoms with Gasteiger partial charge in [-0.05, 0) is 34.1 Å². The van der Waals surface area contributed by atoms with E-state index in [1.165, 1.54) is 0 Å². The predicted octanol–water partition coefficient (Wildman–Crippen LogP) is 2.57. The van der Waals surface area contributed by atoms with E-state index < -0.39 is 0 Å². The molecule has 4 nitrogen and oxygen atoms in total. The lowest BCUT2D eigenvalue weighted by atomic mass is 10.1. The normalized spacial score (nSPS) is 13.1. The van der Waals surface area contributed by atoms with Crippen LogP contribution in [0.15, 0.2) is 29.1 Å². The van der Waals surface area contributed by atoms with E-state index in [1.807, 2.05) is 18.2 Å². The molecule has 15 heavy (non-hydrogen) atoms. The Morgan fingerprint density at radius 1 is 1.27 bits per heavy atom. The van der Waals surface area contributed by atoms with Gasteiger partial charge in [0, 0.05) is 5.56 Å². The van der Waals surface area contributed by atoms with Gasteiger partial charge in [0.25, 0.3) is 0 Å². The van der Waals surface area contributed by atoms with Gasteiger partial charge in [-0.15, -0.1) is 0 Å². The molecule has 0 spiro atoms. The van der Waals surface area contributed by atoms with Crippen molar-refractivity contribution >= 4 is 15.9 Å². The lowest BCUT2D eigenvalue weighted by molar-refractivity contribution is 0.174. The van der Waals surface area contributed by atoms with Gasteiger partial charge in [-0.1, -0.05) is 0 Å². The summed E-state index contributed by atoms with van der Waals surface area (Å²) < 4.78 is 11.4. The maximum absolute atomic E-state index is 5.30. The van der Waals surface area contributed by atoms with Crippen molar-refractivity contribution < 1.29 is 9.47 Å². The van der Waals surface area contributed by atoms with Crippen LogP contribution < -0.4 is 9.47 Å². The molecular weight excluding hydrogens is 260 g/mol. The lowest BCUT2D eigenvalue weighted by Gasteiger charge is -2.00. The van der Waals surface area contributed by atoms with Crippen LogP contribution in [0, 0.1) is 0 Å². The van der Waals surface area contributed by atoms with Crippen molar-refractivity contribution in [1.82, 2.24) is 9.97 Å². The Balaban J connectivity index is 2.11. The van der Waals surface area contributed by atoms with Gasteiger partial charge in [-0.25, -0.2) is 4.98 Å². The maximum atomic E-state index is 5.30. The molecule has 1 N–H and O–H groups in total. The molecule has 3 rings (SSSR count). The molecule has 0 amide bonds. The number of benzene rings is 1. The monoisotopic (exact) mass is 266 g/mol. The van der Waals surface area contributed by atoms with Crippen molar-refractivity contribution in [3.05, 3.63) is 29.1 Å². The van der Waals surface area contributed by atoms with Crippen LogP contribution in [0.25, 0.3) is 11.3 Å². The number of ether oxygens (including phenoxy) is 2. The van der Waals surface area contributed by atoms with Crippen molar-refractivity contribution in [2.45, 2.75) is 0 Å². The summed E-state index contributed by atoms with van der Waals surface area (Å²) in [5.41, 5.74) is 1.86. The summed E-state index contributed by atoms with van der Waals surface area (Å²) >= 11 is 3.39. The molecule has 0 atom stereocenters. The molecule has 0 saturated heterocycles. The second kappa shape index (κ2) is 3.27. The number of halogens is 1. The van der Waals surface area contributed by atoms with Crippen molar-refractivity contribution in [3.63, 3.8) is 0 Å². The molecule has 1 aliphatic rings. The van der Waals surface area contributed by atoms with Gasteiger partial charge >= 0.3 is 0 Å². The van der Waals surface area contributed by atoms with Gasteiger partial charge in [-0.3, -0.25) is 0 Å². The molecule has 0 radical (unpaired) electrons. The standard InChI is InChI=1S/C10H7BrN2O2/c11-10-9(12-4-13-10)6-1-2-7-8(3-6)15-5-14-7/h1-4H,5H2,(H,12,13). The highest BCUT2D eigenvalue weighted by molar-refractivity contribution is 9.10. The Morgan fingerprint density at radius 2 is 2.13 bits per heavy atom. The second-order valence-electron chi connectivity index (χ2n) is 3.13. The maximum Gasteiger partial charge on any atom is 0.231 e. The van der Waals surface area contributed by atoms with E-state index >= 15 is 0 Å². The minimum Gasteiger partial charge on any atom is -0.454 e. The Morgan fingerprint density at radius 3 is 2.93 bits per heavy atom. The summed E-state index contributed by atoms with van der Waals surface area (Å²) in [7, 11) is 0. The summed E-state index contributed by atoms with van der Waals surface area (Å²) in [4.78, 5) is 7.18. The highest BCUT2D eigenvalue weighted by Gasteiger charge is 2.15. The van der Waals surface area contributed by atoms with Crippen molar-refractivity contribution in [1.29, 1.82) is 0 Å².